The van der Waals surface area contributed by atoms with Crippen LogP contribution in [-0.2, 0) is 4.79 Å². The smallest absolute Gasteiger partial charge is 0.349 e. The van der Waals surface area contributed by atoms with Gasteiger partial charge in [0, 0.05) is 11.1 Å². The van der Waals surface area contributed by atoms with E-state index in [1.165, 1.54) is 5.56 Å². The molecule has 1 heterocycles. The topological polar surface area (TPSA) is 48.4 Å². The normalized spacial score (nSPS) is 11.1. The van der Waals surface area contributed by atoms with Crippen LogP contribution in [0.15, 0.2) is 36.4 Å². The molecule has 4 nitrogen and oxygen atoms in total. The average molecular weight is 418 g/mol. The minimum Gasteiger partial charge on any atom is -0.482 e. The van der Waals surface area contributed by atoms with Crippen molar-refractivity contribution in [2.24, 2.45) is 0 Å². The maximum absolute atomic E-state index is 12.3. The van der Waals surface area contributed by atoms with E-state index in [4.69, 9.17) is 32.7 Å². The lowest BCUT2D eigenvalue weighted by atomic mass is 9.98. The van der Waals surface area contributed by atoms with Crippen LogP contribution in [0.25, 0.3) is 10.9 Å². The second-order valence-corrected chi connectivity index (χ2v) is 7.77. The lowest BCUT2D eigenvalue weighted by Crippen LogP contribution is -2.18. The number of benzene rings is 2. The third-order valence-electron chi connectivity index (χ3n) is 4.41. The number of nitrogens with zero attached hydrogens (tertiary/aromatic N) is 1. The van der Waals surface area contributed by atoms with E-state index in [1.54, 1.807) is 6.07 Å². The van der Waals surface area contributed by atoms with Crippen molar-refractivity contribution in [2.45, 2.75) is 33.6 Å². The Balaban J connectivity index is 1.77. The van der Waals surface area contributed by atoms with Gasteiger partial charge in [-0.15, -0.1) is 0 Å². The van der Waals surface area contributed by atoms with Crippen molar-refractivity contribution < 1.29 is 14.3 Å². The summed E-state index contributed by atoms with van der Waals surface area (Å²) in [5, 5.41) is 1.34. The summed E-state index contributed by atoms with van der Waals surface area (Å²) < 4.78 is 11.1. The van der Waals surface area contributed by atoms with Crippen LogP contribution in [0.1, 0.15) is 36.6 Å². The van der Waals surface area contributed by atoms with Crippen molar-refractivity contribution in [1.29, 1.82) is 0 Å². The lowest BCUT2D eigenvalue weighted by molar-refractivity contribution is -0.136. The SMILES string of the molecule is Cc1ccc2c(Cl)cc(Cl)c(OC(=O)COc3ccc(C(C)C)c(C)c3)c2n1. The number of pyridine rings is 1. The number of rotatable bonds is 5. The highest BCUT2D eigenvalue weighted by molar-refractivity contribution is 6.39. The van der Waals surface area contributed by atoms with Gasteiger partial charge < -0.3 is 9.47 Å². The molecule has 146 valence electrons. The van der Waals surface area contributed by atoms with Gasteiger partial charge in [0.1, 0.15) is 11.3 Å². The average Bonchev–Trinajstić information content (AvgIpc) is 2.63. The summed E-state index contributed by atoms with van der Waals surface area (Å²) in [7, 11) is 0. The van der Waals surface area contributed by atoms with Crippen molar-refractivity contribution in [3.63, 3.8) is 0 Å². The van der Waals surface area contributed by atoms with Crippen LogP contribution in [0, 0.1) is 13.8 Å². The molecule has 6 heteroatoms. The summed E-state index contributed by atoms with van der Waals surface area (Å²) in [5.41, 5.74) is 3.58. The largest absolute Gasteiger partial charge is 0.482 e. The van der Waals surface area contributed by atoms with E-state index in [2.05, 4.69) is 18.8 Å². The first-order chi connectivity index (χ1) is 13.3. The third-order valence-corrected chi connectivity index (χ3v) is 5.01. The van der Waals surface area contributed by atoms with E-state index in [9.17, 15) is 4.79 Å². The molecule has 0 saturated heterocycles. The van der Waals surface area contributed by atoms with Crippen molar-refractivity contribution in [3.05, 3.63) is 63.3 Å². The monoisotopic (exact) mass is 417 g/mol. The molecule has 0 aliphatic rings. The number of aromatic nitrogens is 1. The standard InChI is InChI=1S/C22H21Cl2NO3/c1-12(2)16-8-6-15(9-13(16)3)27-11-20(26)28-22-19(24)10-18(23)17-7-5-14(4)25-21(17)22/h5-10,12H,11H2,1-4H3. The van der Waals surface area contributed by atoms with Crippen molar-refractivity contribution in [2.75, 3.05) is 6.61 Å². The lowest BCUT2D eigenvalue weighted by Gasteiger charge is -2.13. The van der Waals surface area contributed by atoms with Crippen molar-refractivity contribution in [1.82, 2.24) is 4.98 Å². The number of aryl methyl sites for hydroxylation is 2. The predicted molar refractivity (Wildman–Crippen MR) is 113 cm³/mol. The van der Waals surface area contributed by atoms with Crippen LogP contribution in [0.2, 0.25) is 10.0 Å². The van der Waals surface area contributed by atoms with Gasteiger partial charge in [-0.2, -0.15) is 0 Å². The van der Waals surface area contributed by atoms with E-state index in [0.717, 1.165) is 11.3 Å². The predicted octanol–water partition coefficient (Wildman–Crippen LogP) is 6.27. The van der Waals surface area contributed by atoms with Gasteiger partial charge >= 0.3 is 5.97 Å². The Morgan fingerprint density at radius 3 is 2.50 bits per heavy atom. The van der Waals surface area contributed by atoms with E-state index >= 15 is 0 Å². The third kappa shape index (κ3) is 4.40. The molecule has 28 heavy (non-hydrogen) atoms. The molecule has 0 aliphatic carbocycles. The number of hydrogen-bond acceptors (Lipinski definition) is 4. The zero-order chi connectivity index (χ0) is 20.4. The van der Waals surface area contributed by atoms with E-state index in [-0.39, 0.29) is 17.4 Å². The number of esters is 1. The minimum atomic E-state index is -0.570. The molecule has 0 amide bonds. The summed E-state index contributed by atoms with van der Waals surface area (Å²) in [6, 6.07) is 11.0. The van der Waals surface area contributed by atoms with Crippen molar-refractivity contribution in [3.8, 4) is 11.5 Å². The molecule has 0 spiro atoms. The first-order valence-electron chi connectivity index (χ1n) is 8.95. The Bertz CT molecular complexity index is 1050. The molecule has 0 aliphatic heterocycles. The Hall–Kier alpha value is -2.30. The first kappa shape index (κ1) is 20.4. The van der Waals surface area contributed by atoms with Gasteiger partial charge in [-0.25, -0.2) is 9.78 Å². The number of fused-ring (bicyclic) bond motifs is 1. The zero-order valence-electron chi connectivity index (χ0n) is 16.2. The van der Waals surface area contributed by atoms with Gasteiger partial charge in [0.05, 0.1) is 10.0 Å². The number of carbonyl (C=O) groups is 1. The fraction of sp³-hybridized carbons (Fsp3) is 0.273. The second kappa shape index (κ2) is 8.38. The highest BCUT2D eigenvalue weighted by Crippen LogP contribution is 2.37. The molecule has 3 aromatic rings. The molecular weight excluding hydrogens is 397 g/mol. The van der Waals surface area contributed by atoms with Gasteiger partial charge in [0.25, 0.3) is 0 Å². The molecule has 0 radical (unpaired) electrons. The van der Waals surface area contributed by atoms with Crippen molar-refractivity contribution >= 4 is 40.1 Å². The van der Waals surface area contributed by atoms with Crippen LogP contribution in [0.5, 0.6) is 11.5 Å². The Labute approximate surface area is 174 Å². The molecule has 0 bridgehead atoms. The molecule has 2 aromatic carbocycles. The van der Waals surface area contributed by atoms with E-state index < -0.39 is 5.97 Å². The van der Waals surface area contributed by atoms with Gasteiger partial charge in [-0.05, 0) is 61.2 Å². The fourth-order valence-corrected chi connectivity index (χ4v) is 3.61. The highest BCUT2D eigenvalue weighted by atomic mass is 35.5. The van der Waals surface area contributed by atoms with Gasteiger partial charge in [-0.3, -0.25) is 0 Å². The molecular formula is C22H21Cl2NO3. The van der Waals surface area contributed by atoms with Crippen LogP contribution < -0.4 is 9.47 Å². The van der Waals surface area contributed by atoms with E-state index in [1.807, 2.05) is 44.2 Å². The molecule has 3 rings (SSSR count). The van der Waals surface area contributed by atoms with Crippen LogP contribution >= 0.6 is 23.2 Å². The number of hydrogen-bond donors (Lipinski definition) is 0. The summed E-state index contributed by atoms with van der Waals surface area (Å²) in [6.45, 7) is 7.89. The summed E-state index contributed by atoms with van der Waals surface area (Å²) in [5.74, 6) is 0.652. The number of ether oxygens (including phenoxy) is 2. The van der Waals surface area contributed by atoms with Crippen LogP contribution in [0.3, 0.4) is 0 Å². The Morgan fingerprint density at radius 2 is 1.82 bits per heavy atom. The number of carbonyl (C=O) groups excluding carboxylic acids is 1. The fourth-order valence-electron chi connectivity index (χ4n) is 3.06. The summed E-state index contributed by atoms with van der Waals surface area (Å²) in [4.78, 5) is 16.8. The summed E-state index contributed by atoms with van der Waals surface area (Å²) >= 11 is 12.5. The minimum absolute atomic E-state index is 0.185. The second-order valence-electron chi connectivity index (χ2n) is 6.95. The first-order valence-corrected chi connectivity index (χ1v) is 9.71. The quantitative estimate of drug-likeness (QED) is 0.362. The van der Waals surface area contributed by atoms with E-state index in [0.29, 0.717) is 27.6 Å². The Morgan fingerprint density at radius 1 is 1.07 bits per heavy atom. The maximum Gasteiger partial charge on any atom is 0.349 e. The molecule has 0 saturated carbocycles. The molecule has 0 fully saturated rings. The zero-order valence-corrected chi connectivity index (χ0v) is 17.7. The highest BCUT2D eigenvalue weighted by Gasteiger charge is 2.17. The molecule has 0 N–H and O–H groups in total. The molecule has 1 aromatic heterocycles. The maximum atomic E-state index is 12.3. The van der Waals surface area contributed by atoms with Crippen LogP contribution in [0.4, 0.5) is 0 Å². The van der Waals surface area contributed by atoms with Gasteiger partial charge in [0.15, 0.2) is 12.4 Å². The Kier molecular flexibility index (Phi) is 6.11. The summed E-state index contributed by atoms with van der Waals surface area (Å²) in [6.07, 6.45) is 0. The van der Waals surface area contributed by atoms with Gasteiger partial charge in [0.2, 0.25) is 0 Å². The van der Waals surface area contributed by atoms with Crippen LogP contribution in [-0.4, -0.2) is 17.6 Å². The number of halogens is 2. The molecule has 0 unspecified atom stereocenters. The molecule has 0 atom stereocenters. The van der Waals surface area contributed by atoms with Gasteiger partial charge in [-0.1, -0.05) is 43.1 Å².